The van der Waals surface area contributed by atoms with E-state index in [1.54, 1.807) is 42.3 Å². The topological polar surface area (TPSA) is 127 Å². The van der Waals surface area contributed by atoms with Gasteiger partial charge in [-0.15, -0.1) is 0 Å². The second-order valence-electron chi connectivity index (χ2n) is 10.3. The van der Waals surface area contributed by atoms with Gasteiger partial charge in [0.05, 0.1) is 12.6 Å². The molecule has 2 amide bonds. The van der Waals surface area contributed by atoms with E-state index in [9.17, 15) is 14.4 Å². The standard InChI is InChI=1S/C29H35N5O5/c1-6-18-14-15-30-22(17-18)31-26(35)20-12-10-19(11-13-20)23-24(27(36)38-7-2)33-25(32-23)21-9-8-16-34(21)28(37)39-29(3,4)5/h10-15,17,21H,6-9,16H2,1-5H3,(H,32,33)(H,30,31,35). The average molecular weight is 534 g/mol. The molecule has 1 aliphatic heterocycles. The monoisotopic (exact) mass is 533 g/mol. The van der Waals surface area contributed by atoms with Gasteiger partial charge in [0.1, 0.15) is 22.9 Å². The molecule has 10 nitrogen and oxygen atoms in total. The maximum atomic E-state index is 12.8. The minimum Gasteiger partial charge on any atom is -0.461 e. The number of nitrogens with one attached hydrogen (secondary N) is 2. The number of hydrogen-bond acceptors (Lipinski definition) is 7. The van der Waals surface area contributed by atoms with Crippen molar-refractivity contribution in [2.75, 3.05) is 18.5 Å². The van der Waals surface area contributed by atoms with Crippen LogP contribution in [-0.2, 0) is 15.9 Å². The molecule has 1 aromatic carbocycles. The summed E-state index contributed by atoms with van der Waals surface area (Å²) in [4.78, 5) is 52.2. The van der Waals surface area contributed by atoms with Gasteiger partial charge < -0.3 is 19.8 Å². The highest BCUT2D eigenvalue weighted by atomic mass is 16.6. The van der Waals surface area contributed by atoms with E-state index in [1.165, 1.54) is 0 Å². The first-order valence-electron chi connectivity index (χ1n) is 13.2. The van der Waals surface area contributed by atoms with Gasteiger partial charge in [0.15, 0.2) is 5.69 Å². The molecule has 1 fully saturated rings. The quantitative estimate of drug-likeness (QED) is 0.382. The van der Waals surface area contributed by atoms with E-state index in [4.69, 9.17) is 14.5 Å². The summed E-state index contributed by atoms with van der Waals surface area (Å²) < 4.78 is 10.9. The molecule has 1 saturated heterocycles. The van der Waals surface area contributed by atoms with Gasteiger partial charge in [0, 0.05) is 23.9 Å². The van der Waals surface area contributed by atoms with E-state index in [0.29, 0.717) is 41.4 Å². The van der Waals surface area contributed by atoms with E-state index in [2.05, 4.69) is 15.3 Å². The van der Waals surface area contributed by atoms with Crippen LogP contribution < -0.4 is 5.32 Å². The number of nitrogens with zero attached hydrogens (tertiary/aromatic N) is 3. The fraction of sp³-hybridized carbons (Fsp3) is 0.414. The molecule has 0 aliphatic carbocycles. The number of aryl methyl sites for hydroxylation is 1. The molecule has 206 valence electrons. The van der Waals surface area contributed by atoms with E-state index >= 15 is 0 Å². The molecule has 2 aromatic heterocycles. The molecular weight excluding hydrogens is 498 g/mol. The second-order valence-corrected chi connectivity index (χ2v) is 10.3. The van der Waals surface area contributed by atoms with Crippen molar-refractivity contribution >= 4 is 23.8 Å². The molecule has 3 aromatic rings. The largest absolute Gasteiger partial charge is 0.461 e. The second kappa shape index (κ2) is 11.7. The predicted molar refractivity (Wildman–Crippen MR) is 146 cm³/mol. The van der Waals surface area contributed by atoms with Gasteiger partial charge in [0.2, 0.25) is 0 Å². The van der Waals surface area contributed by atoms with Gasteiger partial charge in [-0.25, -0.2) is 19.6 Å². The van der Waals surface area contributed by atoms with E-state index < -0.39 is 17.7 Å². The van der Waals surface area contributed by atoms with Gasteiger partial charge >= 0.3 is 12.1 Å². The maximum Gasteiger partial charge on any atom is 0.410 e. The number of rotatable bonds is 7. The van der Waals surface area contributed by atoms with Crippen LogP contribution in [0.15, 0.2) is 42.6 Å². The Hall–Kier alpha value is -4.21. The molecule has 0 spiro atoms. The Kier molecular flexibility index (Phi) is 8.32. The maximum absolute atomic E-state index is 12.8. The molecule has 2 N–H and O–H groups in total. The third-order valence-corrected chi connectivity index (χ3v) is 6.29. The van der Waals surface area contributed by atoms with Crippen molar-refractivity contribution in [2.24, 2.45) is 0 Å². The number of carbonyl (C=O) groups excluding carboxylic acids is 3. The van der Waals surface area contributed by atoms with Crippen LogP contribution in [0.3, 0.4) is 0 Å². The van der Waals surface area contributed by atoms with Crippen molar-refractivity contribution < 1.29 is 23.9 Å². The number of pyridine rings is 1. The van der Waals surface area contributed by atoms with E-state index in [0.717, 1.165) is 18.4 Å². The molecule has 1 aliphatic rings. The number of H-pyrrole nitrogens is 1. The summed E-state index contributed by atoms with van der Waals surface area (Å²) in [5.74, 6) is 0.127. The van der Waals surface area contributed by atoms with Gasteiger partial charge in [-0.3, -0.25) is 9.69 Å². The van der Waals surface area contributed by atoms with Crippen molar-refractivity contribution in [3.63, 3.8) is 0 Å². The molecule has 4 rings (SSSR count). The van der Waals surface area contributed by atoms with Crippen molar-refractivity contribution in [3.05, 3.63) is 65.2 Å². The normalized spacial score (nSPS) is 15.2. The van der Waals surface area contributed by atoms with Gasteiger partial charge in [-0.05, 0) is 76.8 Å². The predicted octanol–water partition coefficient (Wildman–Crippen LogP) is 5.54. The molecule has 1 unspecified atom stereocenters. The average Bonchev–Trinajstić information content (AvgIpc) is 3.56. The molecule has 39 heavy (non-hydrogen) atoms. The van der Waals surface area contributed by atoms with Crippen molar-refractivity contribution in [1.82, 2.24) is 19.9 Å². The van der Waals surface area contributed by atoms with Gasteiger partial charge in [0.25, 0.3) is 5.91 Å². The van der Waals surface area contributed by atoms with Crippen molar-refractivity contribution in [1.29, 1.82) is 0 Å². The number of imidazole rings is 1. The van der Waals surface area contributed by atoms with Gasteiger partial charge in [-0.2, -0.15) is 0 Å². The Balaban J connectivity index is 1.60. The molecule has 0 saturated carbocycles. The van der Waals surface area contributed by atoms with Crippen LogP contribution in [0.2, 0.25) is 0 Å². The summed E-state index contributed by atoms with van der Waals surface area (Å²) in [6.45, 7) is 9.96. The van der Waals surface area contributed by atoms with E-state index in [-0.39, 0.29) is 24.2 Å². The Morgan fingerprint density at radius 1 is 1.13 bits per heavy atom. The number of carbonyl (C=O) groups is 3. The van der Waals surface area contributed by atoms with Crippen molar-refractivity contribution in [3.8, 4) is 11.3 Å². The number of benzene rings is 1. The molecular formula is C29H35N5O5. The lowest BCUT2D eigenvalue weighted by Gasteiger charge is -2.27. The van der Waals surface area contributed by atoms with E-state index in [1.807, 2.05) is 39.8 Å². The molecule has 3 heterocycles. The zero-order valence-corrected chi connectivity index (χ0v) is 23.0. The van der Waals surface area contributed by atoms with Crippen LogP contribution in [0.1, 0.15) is 85.7 Å². The highest BCUT2D eigenvalue weighted by Crippen LogP contribution is 2.34. The summed E-state index contributed by atoms with van der Waals surface area (Å²) in [7, 11) is 0. The lowest BCUT2D eigenvalue weighted by molar-refractivity contribution is 0.0218. The highest BCUT2D eigenvalue weighted by molar-refractivity contribution is 6.04. The number of amides is 2. The van der Waals surface area contributed by atoms with Crippen LogP contribution in [0.25, 0.3) is 11.3 Å². The Morgan fingerprint density at radius 3 is 2.54 bits per heavy atom. The van der Waals surface area contributed by atoms with Crippen LogP contribution in [0, 0.1) is 0 Å². The zero-order valence-electron chi connectivity index (χ0n) is 23.0. The molecule has 1 atom stereocenters. The zero-order chi connectivity index (χ0) is 28.2. The summed E-state index contributed by atoms with van der Waals surface area (Å²) in [5, 5.41) is 2.82. The Bertz CT molecular complexity index is 1340. The van der Waals surface area contributed by atoms with Gasteiger partial charge in [-0.1, -0.05) is 19.1 Å². The number of hydrogen-bond donors (Lipinski definition) is 2. The minimum absolute atomic E-state index is 0.195. The summed E-state index contributed by atoms with van der Waals surface area (Å²) in [6, 6.07) is 10.2. The lowest BCUT2D eigenvalue weighted by atomic mass is 10.1. The first-order chi connectivity index (χ1) is 18.6. The first-order valence-corrected chi connectivity index (χ1v) is 13.2. The first kappa shape index (κ1) is 27.8. The van der Waals surface area contributed by atoms with Crippen LogP contribution in [0.5, 0.6) is 0 Å². The number of anilines is 1. The third-order valence-electron chi connectivity index (χ3n) is 6.29. The summed E-state index contributed by atoms with van der Waals surface area (Å²) >= 11 is 0. The summed E-state index contributed by atoms with van der Waals surface area (Å²) in [6.07, 6.45) is 3.55. The Morgan fingerprint density at radius 2 is 1.87 bits per heavy atom. The van der Waals surface area contributed by atoms with Crippen LogP contribution in [-0.4, -0.2) is 56.6 Å². The van der Waals surface area contributed by atoms with Crippen LogP contribution in [0.4, 0.5) is 10.6 Å². The number of aromatic amines is 1. The number of ether oxygens (including phenoxy) is 2. The molecule has 0 bridgehead atoms. The molecule has 10 heteroatoms. The number of likely N-dealkylation sites (tertiary alicyclic amines) is 1. The molecule has 0 radical (unpaired) electrons. The SMILES string of the molecule is CCOC(=O)c1[nH]c(C2CCCN2C(=O)OC(C)(C)C)nc1-c1ccc(C(=O)Nc2cc(CC)ccn2)cc1. The highest BCUT2D eigenvalue weighted by Gasteiger charge is 2.36. The fourth-order valence-electron chi connectivity index (χ4n) is 4.43. The fourth-order valence-corrected chi connectivity index (χ4v) is 4.43. The Labute approximate surface area is 228 Å². The minimum atomic E-state index is -0.627. The van der Waals surface area contributed by atoms with Crippen molar-refractivity contribution in [2.45, 2.75) is 65.5 Å². The third kappa shape index (κ3) is 6.63. The number of aromatic nitrogens is 3. The van der Waals surface area contributed by atoms with Crippen LogP contribution >= 0.6 is 0 Å². The lowest BCUT2D eigenvalue weighted by Crippen LogP contribution is -2.36. The number of esters is 1. The smallest absolute Gasteiger partial charge is 0.410 e. The summed E-state index contributed by atoms with van der Waals surface area (Å²) in [5.41, 5.74) is 2.10.